The van der Waals surface area contributed by atoms with Crippen molar-refractivity contribution in [2.75, 3.05) is 6.61 Å². The molecule has 0 saturated heterocycles. The van der Waals surface area contributed by atoms with Crippen molar-refractivity contribution in [1.29, 1.82) is 0 Å². The average Bonchev–Trinajstić information content (AvgIpc) is 3.13. The first-order valence-electron chi connectivity index (χ1n) is 10.7. The first-order valence-corrected chi connectivity index (χ1v) is 11.1. The summed E-state index contributed by atoms with van der Waals surface area (Å²) in [5.41, 5.74) is 1.23. The number of amides is 1. The summed E-state index contributed by atoms with van der Waals surface area (Å²) in [6, 6.07) is 7.49. The number of alkyl carbamates (subject to hydrolysis) is 1. The molecule has 0 aliphatic heterocycles. The molecule has 0 aliphatic rings. The van der Waals surface area contributed by atoms with Crippen molar-refractivity contribution in [3.63, 3.8) is 0 Å². The molecule has 0 spiro atoms. The summed E-state index contributed by atoms with van der Waals surface area (Å²) in [5, 5.41) is 4.36. The van der Waals surface area contributed by atoms with Crippen LogP contribution in [0.25, 0.3) is 22.3 Å². The van der Waals surface area contributed by atoms with Gasteiger partial charge in [-0.2, -0.15) is 0 Å². The molecular formula is C24H31ClN4O3. The predicted molar refractivity (Wildman–Crippen MR) is 127 cm³/mol. The van der Waals surface area contributed by atoms with Crippen molar-refractivity contribution >= 4 is 28.7 Å². The summed E-state index contributed by atoms with van der Waals surface area (Å²) in [7, 11) is 0. The van der Waals surface area contributed by atoms with E-state index in [0.717, 1.165) is 22.3 Å². The first-order chi connectivity index (χ1) is 15.0. The number of benzene rings is 1. The molecule has 8 heteroatoms. The molecule has 2 N–H and O–H groups in total. The highest BCUT2D eigenvalue weighted by Crippen LogP contribution is 2.33. The van der Waals surface area contributed by atoms with Crippen LogP contribution < -0.4 is 10.1 Å². The first kappa shape index (κ1) is 23.9. The molecule has 172 valence electrons. The number of hydrogen-bond donors (Lipinski definition) is 2. The highest BCUT2D eigenvalue weighted by atomic mass is 35.5. The molecule has 0 fully saturated rings. The maximum Gasteiger partial charge on any atom is 0.408 e. The third-order valence-electron chi connectivity index (χ3n) is 4.77. The Bertz CT molecular complexity index is 1090. The standard InChI is InChI=1S/C24H31ClN4O3/c1-15(2)12-24(6,29-22(30)32-23(3,4)5)13-31-19-8-7-16(11-18(19)25)20-17-9-10-26-21(17)28-14-27-20/h7-11,14-15H,12-13H2,1-6H3,(H,29,30)(H,26,27,28)/t24-/m0/s1. The summed E-state index contributed by atoms with van der Waals surface area (Å²) in [5.74, 6) is 0.883. The average molecular weight is 459 g/mol. The lowest BCUT2D eigenvalue weighted by Gasteiger charge is -2.33. The number of fused-ring (bicyclic) bond motifs is 1. The summed E-state index contributed by atoms with van der Waals surface area (Å²) < 4.78 is 11.5. The number of halogens is 1. The van der Waals surface area contributed by atoms with E-state index >= 15 is 0 Å². The fourth-order valence-electron chi connectivity index (χ4n) is 3.70. The van der Waals surface area contributed by atoms with E-state index < -0.39 is 17.2 Å². The normalized spacial score (nSPS) is 13.8. The third kappa shape index (κ3) is 6.13. The van der Waals surface area contributed by atoms with Gasteiger partial charge in [0.25, 0.3) is 0 Å². The Hall–Kier alpha value is -2.80. The largest absolute Gasteiger partial charge is 0.490 e. The van der Waals surface area contributed by atoms with E-state index in [1.807, 2.05) is 58.2 Å². The predicted octanol–water partition coefficient (Wildman–Crippen LogP) is 5.99. The van der Waals surface area contributed by atoms with Gasteiger partial charge in [0.05, 0.1) is 16.3 Å². The lowest BCUT2D eigenvalue weighted by molar-refractivity contribution is 0.0408. The maximum atomic E-state index is 12.4. The number of rotatable bonds is 7. The van der Waals surface area contributed by atoms with Crippen LogP contribution in [0.15, 0.2) is 36.8 Å². The number of nitrogens with one attached hydrogen (secondary N) is 2. The number of aromatic amines is 1. The van der Waals surface area contributed by atoms with E-state index in [1.165, 1.54) is 6.33 Å². The van der Waals surface area contributed by atoms with Gasteiger partial charge in [-0.1, -0.05) is 25.4 Å². The van der Waals surface area contributed by atoms with Gasteiger partial charge in [0.2, 0.25) is 0 Å². The minimum atomic E-state index is -0.623. The van der Waals surface area contributed by atoms with Gasteiger partial charge < -0.3 is 19.8 Å². The van der Waals surface area contributed by atoms with E-state index in [1.54, 1.807) is 0 Å². The molecular weight excluding hydrogens is 428 g/mol. The molecule has 0 unspecified atom stereocenters. The second kappa shape index (κ2) is 9.36. The van der Waals surface area contributed by atoms with Gasteiger partial charge in [0.15, 0.2) is 0 Å². The van der Waals surface area contributed by atoms with E-state index in [0.29, 0.717) is 23.1 Å². The number of H-pyrrole nitrogens is 1. The molecule has 1 amide bonds. The second-order valence-corrected chi connectivity index (χ2v) is 10.1. The van der Waals surface area contributed by atoms with Crippen LogP contribution in [0.3, 0.4) is 0 Å². The van der Waals surface area contributed by atoms with Gasteiger partial charge in [-0.25, -0.2) is 14.8 Å². The summed E-state index contributed by atoms with van der Waals surface area (Å²) in [4.78, 5) is 24.1. The van der Waals surface area contributed by atoms with Crippen LogP contribution in [0.5, 0.6) is 5.75 Å². The van der Waals surface area contributed by atoms with Crippen molar-refractivity contribution in [2.45, 2.75) is 59.1 Å². The van der Waals surface area contributed by atoms with Crippen LogP contribution in [-0.2, 0) is 4.74 Å². The van der Waals surface area contributed by atoms with Crippen LogP contribution in [0.2, 0.25) is 5.02 Å². The van der Waals surface area contributed by atoms with Crippen molar-refractivity contribution in [1.82, 2.24) is 20.3 Å². The highest BCUT2D eigenvalue weighted by Gasteiger charge is 2.31. The molecule has 0 bridgehead atoms. The Morgan fingerprint density at radius 2 is 1.94 bits per heavy atom. The van der Waals surface area contributed by atoms with Crippen molar-refractivity contribution in [2.24, 2.45) is 5.92 Å². The molecule has 1 atom stereocenters. The lowest BCUT2D eigenvalue weighted by atomic mass is 9.91. The number of aromatic nitrogens is 3. The van der Waals surface area contributed by atoms with Crippen LogP contribution in [-0.4, -0.2) is 38.8 Å². The molecule has 7 nitrogen and oxygen atoms in total. The van der Waals surface area contributed by atoms with Gasteiger partial charge in [-0.3, -0.25) is 0 Å². The van der Waals surface area contributed by atoms with E-state index in [-0.39, 0.29) is 6.61 Å². The monoisotopic (exact) mass is 458 g/mol. The second-order valence-electron chi connectivity index (χ2n) is 9.68. The zero-order valence-electron chi connectivity index (χ0n) is 19.5. The quantitative estimate of drug-likeness (QED) is 0.454. The Balaban J connectivity index is 1.76. The van der Waals surface area contributed by atoms with E-state index in [4.69, 9.17) is 21.1 Å². The SMILES string of the molecule is CC(C)C[C@@](C)(COc1ccc(-c2ncnc3[nH]ccc23)cc1Cl)NC(=O)OC(C)(C)C. The van der Waals surface area contributed by atoms with Gasteiger partial charge in [0, 0.05) is 17.1 Å². The number of hydrogen-bond acceptors (Lipinski definition) is 5. The van der Waals surface area contributed by atoms with Crippen LogP contribution >= 0.6 is 11.6 Å². The molecule has 0 aliphatic carbocycles. The molecule has 0 saturated carbocycles. The minimum absolute atomic E-state index is 0.249. The van der Waals surface area contributed by atoms with E-state index in [2.05, 4.69) is 34.1 Å². The molecule has 2 heterocycles. The molecule has 2 aromatic heterocycles. The molecule has 3 rings (SSSR count). The minimum Gasteiger partial charge on any atom is -0.490 e. The highest BCUT2D eigenvalue weighted by molar-refractivity contribution is 6.32. The Labute approximate surface area is 193 Å². The molecule has 3 aromatic rings. The number of nitrogens with zero attached hydrogens (tertiary/aromatic N) is 2. The van der Waals surface area contributed by atoms with Crippen molar-refractivity contribution in [3.8, 4) is 17.0 Å². The maximum absolute atomic E-state index is 12.4. The number of ether oxygens (including phenoxy) is 2. The topological polar surface area (TPSA) is 89.1 Å². The smallest absolute Gasteiger partial charge is 0.408 e. The van der Waals surface area contributed by atoms with Crippen LogP contribution in [0, 0.1) is 5.92 Å². The Morgan fingerprint density at radius 3 is 2.59 bits per heavy atom. The van der Waals surface area contributed by atoms with Crippen LogP contribution in [0.4, 0.5) is 4.79 Å². The fourth-order valence-corrected chi connectivity index (χ4v) is 3.94. The summed E-state index contributed by atoms with van der Waals surface area (Å²) >= 11 is 6.54. The van der Waals surface area contributed by atoms with Gasteiger partial charge >= 0.3 is 6.09 Å². The zero-order chi connectivity index (χ0) is 23.5. The van der Waals surface area contributed by atoms with Crippen molar-refractivity contribution in [3.05, 3.63) is 41.8 Å². The Kier molecular flexibility index (Phi) is 6.98. The summed E-state index contributed by atoms with van der Waals surface area (Å²) in [6.45, 7) is 11.9. The molecule has 0 radical (unpaired) electrons. The lowest BCUT2D eigenvalue weighted by Crippen LogP contribution is -2.52. The Morgan fingerprint density at radius 1 is 1.19 bits per heavy atom. The van der Waals surface area contributed by atoms with E-state index in [9.17, 15) is 4.79 Å². The fraction of sp³-hybridized carbons (Fsp3) is 0.458. The third-order valence-corrected chi connectivity index (χ3v) is 5.06. The molecule has 1 aromatic carbocycles. The van der Waals surface area contributed by atoms with Gasteiger partial charge in [-0.05, 0) is 64.3 Å². The number of carbonyl (C=O) groups excluding carboxylic acids is 1. The van der Waals surface area contributed by atoms with Crippen molar-refractivity contribution < 1.29 is 14.3 Å². The zero-order valence-corrected chi connectivity index (χ0v) is 20.2. The molecule has 32 heavy (non-hydrogen) atoms. The van der Waals surface area contributed by atoms with Gasteiger partial charge in [0.1, 0.15) is 29.9 Å². The van der Waals surface area contributed by atoms with Gasteiger partial charge in [-0.15, -0.1) is 0 Å². The number of carbonyl (C=O) groups is 1. The summed E-state index contributed by atoms with van der Waals surface area (Å²) in [6.07, 6.45) is 3.60. The van der Waals surface area contributed by atoms with Crippen LogP contribution in [0.1, 0.15) is 48.0 Å².